The number of esters is 1. The van der Waals surface area contributed by atoms with E-state index < -0.39 is 12.0 Å². The second-order valence-electron chi connectivity index (χ2n) is 3.40. The minimum Gasteiger partial charge on any atom is -0.466 e. The number of rotatable bonds is 4. The Morgan fingerprint density at radius 3 is 2.53 bits per heavy atom. The number of carbonyl (C=O) groups is 1. The van der Waals surface area contributed by atoms with E-state index in [0.717, 1.165) is 5.56 Å². The van der Waals surface area contributed by atoms with E-state index in [1.165, 1.54) is 0 Å². The van der Waals surface area contributed by atoms with Gasteiger partial charge in [-0.15, -0.1) is 0 Å². The highest BCUT2D eigenvalue weighted by Crippen LogP contribution is 2.22. The molecule has 1 aromatic carbocycles. The zero-order valence-electron chi connectivity index (χ0n) is 9.01. The molecule has 0 bridgehead atoms. The van der Waals surface area contributed by atoms with Crippen LogP contribution in [0.5, 0.6) is 0 Å². The van der Waals surface area contributed by atoms with Gasteiger partial charge < -0.3 is 9.84 Å². The van der Waals surface area contributed by atoms with Crippen molar-refractivity contribution in [2.75, 3.05) is 6.61 Å². The predicted octanol–water partition coefficient (Wildman–Crippen LogP) is 1.92. The predicted molar refractivity (Wildman–Crippen MR) is 57.2 cm³/mol. The largest absolute Gasteiger partial charge is 0.466 e. The van der Waals surface area contributed by atoms with Crippen LogP contribution in [0.15, 0.2) is 30.3 Å². The third kappa shape index (κ3) is 3.06. The van der Waals surface area contributed by atoms with Crippen molar-refractivity contribution >= 4 is 5.97 Å². The maximum atomic E-state index is 11.4. The molecule has 3 heteroatoms. The Kier molecular flexibility index (Phi) is 4.31. The van der Waals surface area contributed by atoms with Gasteiger partial charge in [0.15, 0.2) is 0 Å². The van der Waals surface area contributed by atoms with Gasteiger partial charge in [-0.1, -0.05) is 30.3 Å². The molecule has 0 radical (unpaired) electrons. The molecule has 0 fully saturated rings. The lowest BCUT2D eigenvalue weighted by molar-refractivity contribution is -0.151. The molecule has 0 amide bonds. The Balaban J connectivity index is 2.68. The van der Waals surface area contributed by atoms with Gasteiger partial charge in [0.25, 0.3) is 0 Å². The van der Waals surface area contributed by atoms with Crippen LogP contribution in [0.4, 0.5) is 0 Å². The van der Waals surface area contributed by atoms with E-state index in [4.69, 9.17) is 4.74 Å². The third-order valence-corrected chi connectivity index (χ3v) is 2.27. The van der Waals surface area contributed by atoms with Crippen LogP contribution in [0, 0.1) is 5.92 Å². The van der Waals surface area contributed by atoms with Crippen LogP contribution in [0.1, 0.15) is 25.5 Å². The van der Waals surface area contributed by atoms with Crippen molar-refractivity contribution in [1.82, 2.24) is 0 Å². The molecular formula is C12H16O3. The zero-order chi connectivity index (χ0) is 11.3. The van der Waals surface area contributed by atoms with Gasteiger partial charge >= 0.3 is 5.97 Å². The number of benzene rings is 1. The van der Waals surface area contributed by atoms with E-state index >= 15 is 0 Å². The van der Waals surface area contributed by atoms with Gasteiger partial charge in [-0.3, -0.25) is 4.79 Å². The van der Waals surface area contributed by atoms with Crippen LogP contribution in [0.3, 0.4) is 0 Å². The van der Waals surface area contributed by atoms with Gasteiger partial charge in [-0.2, -0.15) is 0 Å². The van der Waals surface area contributed by atoms with Crippen LogP contribution in [-0.2, 0) is 9.53 Å². The SMILES string of the molecule is CCOC(=O)[C@H](C)[C@@H](O)c1ccccc1. The first kappa shape index (κ1) is 11.7. The minimum atomic E-state index is -0.801. The zero-order valence-corrected chi connectivity index (χ0v) is 9.01. The first-order valence-electron chi connectivity index (χ1n) is 5.06. The molecule has 2 atom stereocenters. The van der Waals surface area contributed by atoms with E-state index in [1.807, 2.05) is 18.2 Å². The summed E-state index contributed by atoms with van der Waals surface area (Å²) < 4.78 is 4.85. The molecule has 1 N–H and O–H groups in total. The highest BCUT2D eigenvalue weighted by atomic mass is 16.5. The van der Waals surface area contributed by atoms with Crippen LogP contribution in [-0.4, -0.2) is 17.7 Å². The molecule has 0 heterocycles. The first-order valence-corrected chi connectivity index (χ1v) is 5.06. The summed E-state index contributed by atoms with van der Waals surface area (Å²) in [7, 11) is 0. The smallest absolute Gasteiger partial charge is 0.311 e. The molecule has 3 nitrogen and oxygen atoms in total. The maximum Gasteiger partial charge on any atom is 0.311 e. The molecule has 0 saturated carbocycles. The van der Waals surface area contributed by atoms with Crippen molar-refractivity contribution in [3.63, 3.8) is 0 Å². The molecule has 0 aliphatic carbocycles. The number of hydrogen-bond donors (Lipinski definition) is 1. The summed E-state index contributed by atoms with van der Waals surface area (Å²) in [6.45, 7) is 3.75. The van der Waals surface area contributed by atoms with E-state index in [2.05, 4.69) is 0 Å². The van der Waals surface area contributed by atoms with E-state index in [1.54, 1.807) is 26.0 Å². The fraction of sp³-hybridized carbons (Fsp3) is 0.417. The molecule has 0 spiro atoms. The van der Waals surface area contributed by atoms with Gasteiger partial charge in [0.05, 0.1) is 18.6 Å². The molecule has 0 aliphatic heterocycles. The molecular weight excluding hydrogens is 192 g/mol. The van der Waals surface area contributed by atoms with Crippen molar-refractivity contribution in [3.05, 3.63) is 35.9 Å². The minimum absolute atomic E-state index is 0.338. The van der Waals surface area contributed by atoms with Crippen molar-refractivity contribution in [1.29, 1.82) is 0 Å². The lowest BCUT2D eigenvalue weighted by Gasteiger charge is -2.17. The number of carbonyl (C=O) groups excluding carboxylic acids is 1. The number of hydrogen-bond acceptors (Lipinski definition) is 3. The first-order chi connectivity index (χ1) is 7.16. The number of aliphatic hydroxyl groups is 1. The summed E-state index contributed by atoms with van der Waals surface area (Å²) in [5.41, 5.74) is 0.734. The van der Waals surface area contributed by atoms with E-state index in [9.17, 15) is 9.90 Å². The van der Waals surface area contributed by atoms with Crippen LogP contribution >= 0.6 is 0 Å². The Labute approximate surface area is 89.7 Å². The average molecular weight is 208 g/mol. The van der Waals surface area contributed by atoms with E-state index in [-0.39, 0.29) is 5.97 Å². The highest BCUT2D eigenvalue weighted by molar-refractivity contribution is 5.72. The fourth-order valence-electron chi connectivity index (χ4n) is 1.34. The Morgan fingerprint density at radius 1 is 1.40 bits per heavy atom. The number of aliphatic hydroxyl groups excluding tert-OH is 1. The molecule has 1 rings (SSSR count). The molecule has 15 heavy (non-hydrogen) atoms. The molecule has 0 aliphatic rings. The lowest BCUT2D eigenvalue weighted by Crippen LogP contribution is -2.21. The fourth-order valence-corrected chi connectivity index (χ4v) is 1.34. The van der Waals surface area contributed by atoms with Crippen molar-refractivity contribution in [3.8, 4) is 0 Å². The second kappa shape index (κ2) is 5.51. The summed E-state index contributed by atoms with van der Waals surface area (Å²) in [5.74, 6) is -0.902. The van der Waals surface area contributed by atoms with Gasteiger partial charge in [-0.05, 0) is 19.4 Å². The topological polar surface area (TPSA) is 46.5 Å². The van der Waals surface area contributed by atoms with Crippen molar-refractivity contribution < 1.29 is 14.6 Å². The molecule has 82 valence electrons. The van der Waals surface area contributed by atoms with Crippen LogP contribution in [0.25, 0.3) is 0 Å². The highest BCUT2D eigenvalue weighted by Gasteiger charge is 2.24. The van der Waals surface area contributed by atoms with Crippen molar-refractivity contribution in [2.24, 2.45) is 5.92 Å². The third-order valence-electron chi connectivity index (χ3n) is 2.27. The van der Waals surface area contributed by atoms with Crippen LogP contribution in [0.2, 0.25) is 0 Å². The van der Waals surface area contributed by atoms with Gasteiger partial charge in [0.2, 0.25) is 0 Å². The Morgan fingerprint density at radius 2 is 2.00 bits per heavy atom. The lowest BCUT2D eigenvalue weighted by atomic mass is 9.98. The van der Waals surface area contributed by atoms with E-state index in [0.29, 0.717) is 6.61 Å². The Hall–Kier alpha value is -1.35. The van der Waals surface area contributed by atoms with Gasteiger partial charge in [0, 0.05) is 0 Å². The summed E-state index contributed by atoms with van der Waals surface area (Å²) in [6.07, 6.45) is -0.801. The molecule has 1 aromatic rings. The summed E-state index contributed by atoms with van der Waals surface area (Å²) >= 11 is 0. The molecule has 0 saturated heterocycles. The normalized spacial score (nSPS) is 14.3. The molecule has 0 unspecified atom stereocenters. The average Bonchev–Trinajstić information content (AvgIpc) is 2.28. The summed E-state index contributed by atoms with van der Waals surface area (Å²) in [4.78, 5) is 11.4. The standard InChI is InChI=1S/C12H16O3/c1-3-15-12(14)9(2)11(13)10-7-5-4-6-8-10/h4-9,11,13H,3H2,1-2H3/t9-,11-/m1/s1. The van der Waals surface area contributed by atoms with Crippen LogP contribution < -0.4 is 0 Å². The van der Waals surface area contributed by atoms with Gasteiger partial charge in [-0.25, -0.2) is 0 Å². The quantitative estimate of drug-likeness (QED) is 0.769. The monoisotopic (exact) mass is 208 g/mol. The summed E-state index contributed by atoms with van der Waals surface area (Å²) in [5, 5.41) is 9.89. The summed E-state index contributed by atoms with van der Waals surface area (Å²) in [6, 6.07) is 9.11. The maximum absolute atomic E-state index is 11.4. The second-order valence-corrected chi connectivity index (χ2v) is 3.40. The van der Waals surface area contributed by atoms with Crippen molar-refractivity contribution in [2.45, 2.75) is 20.0 Å². The van der Waals surface area contributed by atoms with Gasteiger partial charge in [0.1, 0.15) is 0 Å². The molecule has 0 aromatic heterocycles. The number of ether oxygens (including phenoxy) is 1. The Bertz CT molecular complexity index is 308.